The van der Waals surface area contributed by atoms with Gasteiger partial charge < -0.3 is 5.32 Å². The van der Waals surface area contributed by atoms with Crippen molar-refractivity contribution >= 4 is 9.84 Å². The van der Waals surface area contributed by atoms with E-state index >= 15 is 0 Å². The van der Waals surface area contributed by atoms with Gasteiger partial charge in [0.2, 0.25) is 0 Å². The third-order valence-electron chi connectivity index (χ3n) is 3.03. The van der Waals surface area contributed by atoms with Crippen LogP contribution in [0.2, 0.25) is 0 Å². The lowest BCUT2D eigenvalue weighted by Crippen LogP contribution is -2.39. The van der Waals surface area contributed by atoms with E-state index in [0.29, 0.717) is 18.2 Å². The molecule has 4 heteroatoms. The molecule has 0 saturated heterocycles. The minimum absolute atomic E-state index is 0.00286. The first kappa shape index (κ1) is 14.0. The van der Waals surface area contributed by atoms with Crippen molar-refractivity contribution in [2.24, 2.45) is 5.92 Å². The molecular formula is C12H25NO2S. The van der Waals surface area contributed by atoms with Gasteiger partial charge in [-0.1, -0.05) is 12.8 Å². The van der Waals surface area contributed by atoms with E-state index in [2.05, 4.69) is 26.1 Å². The summed E-state index contributed by atoms with van der Waals surface area (Å²) in [6.07, 6.45) is 4.62. The molecule has 0 aromatic heterocycles. The molecule has 1 saturated carbocycles. The van der Waals surface area contributed by atoms with Crippen LogP contribution in [0.1, 0.15) is 46.5 Å². The molecule has 0 amide bonds. The molecule has 0 bridgehead atoms. The van der Waals surface area contributed by atoms with Crippen LogP contribution in [0.15, 0.2) is 0 Å². The van der Waals surface area contributed by atoms with Gasteiger partial charge >= 0.3 is 0 Å². The Hall–Kier alpha value is -0.0900. The van der Waals surface area contributed by atoms with E-state index in [1.807, 2.05) is 0 Å². The van der Waals surface area contributed by atoms with Crippen molar-refractivity contribution in [1.29, 1.82) is 0 Å². The lowest BCUT2D eigenvalue weighted by atomic mass is 10.1. The topological polar surface area (TPSA) is 46.2 Å². The largest absolute Gasteiger partial charge is 0.311 e. The van der Waals surface area contributed by atoms with Crippen LogP contribution in [0.3, 0.4) is 0 Å². The van der Waals surface area contributed by atoms with Gasteiger partial charge in [0.25, 0.3) is 0 Å². The average Bonchev–Trinajstić information content (AvgIpc) is 2.52. The van der Waals surface area contributed by atoms with E-state index in [0.717, 1.165) is 12.8 Å². The van der Waals surface area contributed by atoms with E-state index < -0.39 is 9.84 Å². The predicted octanol–water partition coefficient (Wildman–Crippen LogP) is 1.98. The van der Waals surface area contributed by atoms with Gasteiger partial charge in [-0.05, 0) is 39.5 Å². The summed E-state index contributed by atoms with van der Waals surface area (Å²) in [7, 11) is -2.85. The van der Waals surface area contributed by atoms with Gasteiger partial charge in [-0.2, -0.15) is 0 Å². The molecule has 0 radical (unpaired) electrons. The van der Waals surface area contributed by atoms with Crippen LogP contribution in [-0.4, -0.2) is 32.0 Å². The number of hydrogen-bond acceptors (Lipinski definition) is 3. The molecule has 3 nitrogen and oxygen atoms in total. The zero-order chi connectivity index (χ0) is 12.2. The highest BCUT2D eigenvalue weighted by Gasteiger charge is 2.22. The Morgan fingerprint density at radius 3 is 2.25 bits per heavy atom. The van der Waals surface area contributed by atoms with Gasteiger partial charge in [0.15, 0.2) is 9.84 Å². The van der Waals surface area contributed by atoms with Crippen LogP contribution in [0.25, 0.3) is 0 Å². The van der Waals surface area contributed by atoms with Gasteiger partial charge in [0.05, 0.1) is 11.5 Å². The molecule has 1 N–H and O–H groups in total. The fraction of sp³-hybridized carbons (Fsp3) is 1.00. The Morgan fingerprint density at radius 2 is 1.75 bits per heavy atom. The first-order valence-electron chi connectivity index (χ1n) is 6.24. The van der Waals surface area contributed by atoms with E-state index in [1.165, 1.54) is 12.8 Å². The summed E-state index contributed by atoms with van der Waals surface area (Å²) in [6.45, 7) is 6.72. The second kappa shape index (κ2) is 5.50. The molecule has 16 heavy (non-hydrogen) atoms. The molecule has 0 aromatic carbocycles. The highest BCUT2D eigenvalue weighted by atomic mass is 32.2. The lowest BCUT2D eigenvalue weighted by Gasteiger charge is -2.20. The number of rotatable bonds is 5. The third-order valence-corrected chi connectivity index (χ3v) is 4.84. The Balaban J connectivity index is 2.28. The maximum Gasteiger partial charge on any atom is 0.151 e. The van der Waals surface area contributed by atoms with Crippen molar-refractivity contribution in [2.75, 3.05) is 18.1 Å². The van der Waals surface area contributed by atoms with Crippen LogP contribution in [-0.2, 0) is 9.84 Å². The molecule has 0 atom stereocenters. The summed E-state index contributed by atoms with van der Waals surface area (Å²) in [5.41, 5.74) is 0.00286. The highest BCUT2D eigenvalue weighted by molar-refractivity contribution is 7.91. The zero-order valence-electron chi connectivity index (χ0n) is 10.8. The molecule has 0 heterocycles. The third kappa shape index (κ3) is 5.85. The van der Waals surface area contributed by atoms with E-state index in [4.69, 9.17) is 0 Å². The smallest absolute Gasteiger partial charge is 0.151 e. The monoisotopic (exact) mass is 247 g/mol. The van der Waals surface area contributed by atoms with Crippen LogP contribution in [0, 0.1) is 5.92 Å². The van der Waals surface area contributed by atoms with Crippen molar-refractivity contribution < 1.29 is 8.42 Å². The van der Waals surface area contributed by atoms with Gasteiger partial charge in [-0.25, -0.2) is 8.42 Å². The first-order valence-corrected chi connectivity index (χ1v) is 8.06. The lowest BCUT2D eigenvalue weighted by molar-refractivity contribution is 0.438. The Bertz CT molecular complexity index is 297. The average molecular weight is 247 g/mol. The molecule has 0 aliphatic heterocycles. The van der Waals surface area contributed by atoms with Crippen molar-refractivity contribution in [1.82, 2.24) is 5.32 Å². The summed E-state index contributed by atoms with van der Waals surface area (Å²) in [4.78, 5) is 0. The van der Waals surface area contributed by atoms with Crippen molar-refractivity contribution in [3.63, 3.8) is 0 Å². The molecule has 1 rings (SSSR count). The van der Waals surface area contributed by atoms with Crippen molar-refractivity contribution in [3.8, 4) is 0 Å². The summed E-state index contributed by atoms with van der Waals surface area (Å²) >= 11 is 0. The van der Waals surface area contributed by atoms with Crippen LogP contribution in [0.4, 0.5) is 0 Å². The summed E-state index contributed by atoms with van der Waals surface area (Å²) in [5, 5.41) is 3.22. The van der Waals surface area contributed by atoms with E-state index in [-0.39, 0.29) is 11.3 Å². The maximum atomic E-state index is 11.8. The van der Waals surface area contributed by atoms with Crippen LogP contribution < -0.4 is 5.32 Å². The Morgan fingerprint density at radius 1 is 1.19 bits per heavy atom. The maximum absolute atomic E-state index is 11.8. The van der Waals surface area contributed by atoms with E-state index in [9.17, 15) is 8.42 Å². The predicted molar refractivity (Wildman–Crippen MR) is 68.4 cm³/mol. The molecule has 1 fully saturated rings. The molecule has 0 unspecified atom stereocenters. The van der Waals surface area contributed by atoms with E-state index in [1.54, 1.807) is 0 Å². The van der Waals surface area contributed by atoms with Crippen LogP contribution >= 0.6 is 0 Å². The van der Waals surface area contributed by atoms with Gasteiger partial charge in [-0.15, -0.1) is 0 Å². The number of hydrogen-bond donors (Lipinski definition) is 1. The molecule has 0 spiro atoms. The SMILES string of the molecule is CC(C)(C)NCCS(=O)(=O)CC1CCCC1. The summed E-state index contributed by atoms with van der Waals surface area (Å²) in [5.74, 6) is 1.11. The van der Waals surface area contributed by atoms with Gasteiger partial charge in [0, 0.05) is 12.1 Å². The number of nitrogens with one attached hydrogen (secondary N) is 1. The minimum atomic E-state index is -2.85. The van der Waals surface area contributed by atoms with Gasteiger partial charge in [-0.3, -0.25) is 0 Å². The second-order valence-electron chi connectivity index (χ2n) is 5.94. The van der Waals surface area contributed by atoms with Crippen molar-refractivity contribution in [3.05, 3.63) is 0 Å². The molecule has 1 aliphatic rings. The van der Waals surface area contributed by atoms with Gasteiger partial charge in [0.1, 0.15) is 0 Å². The summed E-state index contributed by atoms with van der Waals surface area (Å²) in [6, 6.07) is 0. The fourth-order valence-electron chi connectivity index (χ4n) is 2.20. The Labute approximate surface area is 99.9 Å². The van der Waals surface area contributed by atoms with Crippen molar-refractivity contribution in [2.45, 2.75) is 52.0 Å². The second-order valence-corrected chi connectivity index (χ2v) is 8.17. The molecular weight excluding hydrogens is 222 g/mol. The fourth-order valence-corrected chi connectivity index (χ4v) is 3.83. The quantitative estimate of drug-likeness (QED) is 0.808. The summed E-state index contributed by atoms with van der Waals surface area (Å²) < 4.78 is 23.7. The first-order chi connectivity index (χ1) is 7.29. The molecule has 96 valence electrons. The normalized spacial score (nSPS) is 19.2. The molecule has 1 aliphatic carbocycles. The molecule has 0 aromatic rings. The highest BCUT2D eigenvalue weighted by Crippen LogP contribution is 2.26. The number of sulfone groups is 1. The standard InChI is InChI=1S/C12H25NO2S/c1-12(2,3)13-8-9-16(14,15)10-11-6-4-5-7-11/h11,13H,4-10H2,1-3H3. The minimum Gasteiger partial charge on any atom is -0.311 e. The van der Waals surface area contributed by atoms with Crippen LogP contribution in [0.5, 0.6) is 0 Å². The Kier molecular flexibility index (Phi) is 4.80. The zero-order valence-corrected chi connectivity index (χ0v) is 11.6.